The van der Waals surface area contributed by atoms with Gasteiger partial charge in [0, 0.05) is 18.0 Å². The maximum Gasteiger partial charge on any atom is 0.341 e. The molecule has 0 aliphatic heterocycles. The summed E-state index contributed by atoms with van der Waals surface area (Å²) >= 11 is 1.59. The Kier molecular flexibility index (Phi) is 5.60. The van der Waals surface area contributed by atoms with E-state index in [9.17, 15) is 9.59 Å². The van der Waals surface area contributed by atoms with Gasteiger partial charge in [-0.05, 0) is 31.2 Å². The molecule has 0 spiro atoms. The SMILES string of the molecule is C=CCN(CCC(=O)O)c1sc2c(c1C(=O)OC)CCCC2. The van der Waals surface area contributed by atoms with Crippen LogP contribution in [0.5, 0.6) is 0 Å². The molecule has 2 rings (SSSR count). The fourth-order valence-electron chi connectivity index (χ4n) is 2.75. The number of carbonyl (C=O) groups is 2. The monoisotopic (exact) mass is 323 g/mol. The van der Waals surface area contributed by atoms with E-state index in [1.165, 1.54) is 12.0 Å². The molecule has 120 valence electrons. The Morgan fingerprint density at radius 1 is 1.41 bits per heavy atom. The molecule has 0 saturated carbocycles. The third-order valence-electron chi connectivity index (χ3n) is 3.77. The van der Waals surface area contributed by atoms with Crippen LogP contribution in [0, 0.1) is 0 Å². The van der Waals surface area contributed by atoms with Crippen LogP contribution in [0.2, 0.25) is 0 Å². The summed E-state index contributed by atoms with van der Waals surface area (Å²) in [4.78, 5) is 26.2. The molecule has 0 amide bonds. The largest absolute Gasteiger partial charge is 0.481 e. The number of carboxylic acid groups (broad SMARTS) is 1. The molecule has 22 heavy (non-hydrogen) atoms. The van der Waals surface area contributed by atoms with E-state index in [2.05, 4.69) is 6.58 Å². The van der Waals surface area contributed by atoms with Gasteiger partial charge in [0.1, 0.15) is 5.00 Å². The van der Waals surface area contributed by atoms with E-state index in [0.717, 1.165) is 36.2 Å². The number of ether oxygens (including phenoxy) is 1. The number of carboxylic acids is 1. The van der Waals surface area contributed by atoms with E-state index in [1.54, 1.807) is 17.4 Å². The molecule has 0 bridgehead atoms. The van der Waals surface area contributed by atoms with Crippen molar-refractivity contribution >= 4 is 28.3 Å². The van der Waals surface area contributed by atoms with Crippen LogP contribution in [0.3, 0.4) is 0 Å². The van der Waals surface area contributed by atoms with Crippen LogP contribution in [0.4, 0.5) is 5.00 Å². The zero-order valence-electron chi connectivity index (χ0n) is 12.8. The standard InChI is InChI=1S/C16H21NO4S/c1-3-9-17(10-8-13(18)19)15-14(16(20)21-2)11-6-4-5-7-12(11)22-15/h3H,1,4-10H2,2H3,(H,18,19). The lowest BCUT2D eigenvalue weighted by Crippen LogP contribution is -2.27. The van der Waals surface area contributed by atoms with Crippen molar-refractivity contribution in [3.63, 3.8) is 0 Å². The number of carbonyl (C=O) groups excluding carboxylic acids is 1. The van der Waals surface area contributed by atoms with Crippen LogP contribution in [-0.2, 0) is 22.4 Å². The van der Waals surface area contributed by atoms with Gasteiger partial charge in [0.2, 0.25) is 0 Å². The number of rotatable bonds is 7. The van der Waals surface area contributed by atoms with Crippen LogP contribution in [-0.4, -0.2) is 37.2 Å². The first-order valence-electron chi connectivity index (χ1n) is 7.39. The normalized spacial score (nSPS) is 13.3. The summed E-state index contributed by atoms with van der Waals surface area (Å²) in [6.07, 6.45) is 5.81. The molecule has 1 aliphatic rings. The fourth-order valence-corrected chi connectivity index (χ4v) is 4.16. The zero-order chi connectivity index (χ0) is 16.1. The highest BCUT2D eigenvalue weighted by Crippen LogP contribution is 2.40. The third kappa shape index (κ3) is 3.50. The maximum absolute atomic E-state index is 12.2. The summed E-state index contributed by atoms with van der Waals surface area (Å²) in [5, 5.41) is 9.74. The minimum Gasteiger partial charge on any atom is -0.481 e. The number of hydrogen-bond acceptors (Lipinski definition) is 5. The Balaban J connectivity index is 2.41. The molecule has 1 aliphatic carbocycles. The number of anilines is 1. The van der Waals surface area contributed by atoms with Crippen LogP contribution in [0.25, 0.3) is 0 Å². The highest BCUT2D eigenvalue weighted by atomic mass is 32.1. The van der Waals surface area contributed by atoms with E-state index >= 15 is 0 Å². The summed E-state index contributed by atoms with van der Waals surface area (Å²) in [6, 6.07) is 0. The molecule has 1 N–H and O–H groups in total. The Hall–Kier alpha value is -1.82. The van der Waals surface area contributed by atoms with Gasteiger partial charge in [-0.15, -0.1) is 17.9 Å². The van der Waals surface area contributed by atoms with Crippen molar-refractivity contribution in [1.82, 2.24) is 0 Å². The van der Waals surface area contributed by atoms with Gasteiger partial charge >= 0.3 is 11.9 Å². The van der Waals surface area contributed by atoms with Gasteiger partial charge in [-0.3, -0.25) is 4.79 Å². The van der Waals surface area contributed by atoms with Crippen LogP contribution < -0.4 is 4.90 Å². The van der Waals surface area contributed by atoms with Gasteiger partial charge in [-0.25, -0.2) is 4.79 Å². The lowest BCUT2D eigenvalue weighted by molar-refractivity contribution is -0.136. The molecular weight excluding hydrogens is 302 g/mol. The van der Waals surface area contributed by atoms with Gasteiger partial charge in [0.15, 0.2) is 0 Å². The second-order valence-electron chi connectivity index (χ2n) is 5.26. The van der Waals surface area contributed by atoms with E-state index in [0.29, 0.717) is 18.7 Å². The minimum absolute atomic E-state index is 0.0248. The second-order valence-corrected chi connectivity index (χ2v) is 6.34. The van der Waals surface area contributed by atoms with E-state index < -0.39 is 5.97 Å². The molecule has 0 unspecified atom stereocenters. The lowest BCUT2D eigenvalue weighted by Gasteiger charge is -2.22. The molecule has 6 heteroatoms. The minimum atomic E-state index is -0.852. The first kappa shape index (κ1) is 16.5. The average Bonchev–Trinajstić information content (AvgIpc) is 2.89. The van der Waals surface area contributed by atoms with Crippen molar-refractivity contribution in [2.24, 2.45) is 0 Å². The second kappa shape index (κ2) is 7.45. The molecule has 0 fully saturated rings. The average molecular weight is 323 g/mol. The Labute approximate surface area is 134 Å². The molecule has 0 radical (unpaired) electrons. The predicted octanol–water partition coefficient (Wildman–Crippen LogP) is 2.88. The van der Waals surface area contributed by atoms with Gasteiger partial charge in [-0.2, -0.15) is 0 Å². The summed E-state index contributed by atoms with van der Waals surface area (Å²) in [5.41, 5.74) is 1.71. The van der Waals surface area contributed by atoms with Crippen molar-refractivity contribution in [1.29, 1.82) is 0 Å². The molecular formula is C16H21NO4S. The van der Waals surface area contributed by atoms with Crippen LogP contribution in [0.15, 0.2) is 12.7 Å². The van der Waals surface area contributed by atoms with Crippen molar-refractivity contribution < 1.29 is 19.4 Å². The molecule has 0 aromatic carbocycles. The molecule has 5 nitrogen and oxygen atoms in total. The first-order valence-corrected chi connectivity index (χ1v) is 8.20. The smallest absolute Gasteiger partial charge is 0.341 e. The predicted molar refractivity (Wildman–Crippen MR) is 87.0 cm³/mol. The van der Waals surface area contributed by atoms with Crippen molar-refractivity contribution in [2.75, 3.05) is 25.1 Å². The zero-order valence-corrected chi connectivity index (χ0v) is 13.6. The Bertz CT molecular complexity index is 579. The third-order valence-corrected chi connectivity index (χ3v) is 5.13. The molecule has 0 saturated heterocycles. The number of aliphatic carboxylic acids is 1. The number of fused-ring (bicyclic) bond motifs is 1. The molecule has 1 heterocycles. The lowest BCUT2D eigenvalue weighted by atomic mass is 9.95. The van der Waals surface area contributed by atoms with Crippen molar-refractivity contribution in [3.05, 3.63) is 28.7 Å². The van der Waals surface area contributed by atoms with Crippen LogP contribution in [0.1, 0.15) is 40.1 Å². The van der Waals surface area contributed by atoms with Crippen molar-refractivity contribution in [3.8, 4) is 0 Å². The Morgan fingerprint density at radius 2 is 2.14 bits per heavy atom. The fraction of sp³-hybridized carbons (Fsp3) is 0.500. The van der Waals surface area contributed by atoms with Gasteiger partial charge in [0.05, 0.1) is 19.1 Å². The number of hydrogen-bond donors (Lipinski definition) is 1. The van der Waals surface area contributed by atoms with Gasteiger partial charge < -0.3 is 14.7 Å². The topological polar surface area (TPSA) is 66.8 Å². The van der Waals surface area contributed by atoms with Crippen molar-refractivity contribution in [2.45, 2.75) is 32.1 Å². The van der Waals surface area contributed by atoms with Crippen LogP contribution >= 0.6 is 11.3 Å². The number of nitrogens with zero attached hydrogens (tertiary/aromatic N) is 1. The number of aryl methyl sites for hydroxylation is 1. The molecule has 0 atom stereocenters. The quantitative estimate of drug-likeness (QED) is 0.617. The summed E-state index contributed by atoms with van der Waals surface area (Å²) in [5.74, 6) is -1.19. The first-order chi connectivity index (χ1) is 10.6. The highest BCUT2D eigenvalue weighted by molar-refractivity contribution is 7.16. The summed E-state index contributed by atoms with van der Waals surface area (Å²) in [7, 11) is 1.38. The van der Waals surface area contributed by atoms with E-state index in [4.69, 9.17) is 9.84 Å². The van der Waals surface area contributed by atoms with Gasteiger partial charge in [-0.1, -0.05) is 6.08 Å². The Morgan fingerprint density at radius 3 is 2.77 bits per heavy atom. The maximum atomic E-state index is 12.2. The van der Waals surface area contributed by atoms with Gasteiger partial charge in [0.25, 0.3) is 0 Å². The number of esters is 1. The van der Waals surface area contributed by atoms with E-state index in [-0.39, 0.29) is 12.4 Å². The summed E-state index contributed by atoms with van der Waals surface area (Å²) < 4.78 is 4.95. The summed E-state index contributed by atoms with van der Waals surface area (Å²) in [6.45, 7) is 4.59. The molecule has 1 aromatic heterocycles. The number of thiophene rings is 1. The van der Waals surface area contributed by atoms with E-state index in [1.807, 2.05) is 4.90 Å². The highest BCUT2D eigenvalue weighted by Gasteiger charge is 2.28. The number of methoxy groups -OCH3 is 1. The molecule has 1 aromatic rings.